The van der Waals surface area contributed by atoms with Crippen molar-refractivity contribution in [3.8, 4) is 0 Å². The van der Waals surface area contributed by atoms with Crippen molar-refractivity contribution < 1.29 is 27.2 Å². The van der Waals surface area contributed by atoms with Crippen molar-refractivity contribution in [1.29, 1.82) is 0 Å². The number of rotatable bonds is 9. The number of nitrogens with one attached hydrogen (secondary N) is 2. The maximum atomic E-state index is 13.9. The fourth-order valence-electron chi connectivity index (χ4n) is 7.37. The number of nitrogens with two attached hydrogens (primary N) is 1. The molecular formula is C33H43FN4O5S. The Kier molecular flexibility index (Phi) is 10.4. The number of hydrogen-bond donors (Lipinski definition) is 3. The van der Waals surface area contributed by atoms with Crippen LogP contribution in [0, 0.1) is 23.7 Å². The Labute approximate surface area is 259 Å². The summed E-state index contributed by atoms with van der Waals surface area (Å²) in [4.78, 5) is 42.2. The second kappa shape index (κ2) is 14.2. The SMILES string of the molecule is N[C@H](CF)C1CCC(C(=O)N2CC[C@@H](C3CCCCC3)[C@H]2C(=O)Nc2ccc(C(=O)NS(=O)(=O)c3ccccc3)cc2)CC1. The van der Waals surface area contributed by atoms with Crippen LogP contribution in [0.15, 0.2) is 59.5 Å². The quantitative estimate of drug-likeness (QED) is 0.371. The fourth-order valence-corrected chi connectivity index (χ4v) is 8.37. The number of amides is 3. The minimum atomic E-state index is -4.03. The van der Waals surface area contributed by atoms with Gasteiger partial charge in [-0.25, -0.2) is 17.5 Å². The van der Waals surface area contributed by atoms with E-state index in [1.807, 2.05) is 0 Å². The molecule has 9 nitrogen and oxygen atoms in total. The summed E-state index contributed by atoms with van der Waals surface area (Å²) in [5.74, 6) is -0.676. The second-order valence-corrected chi connectivity index (χ2v) is 14.3. The van der Waals surface area contributed by atoms with E-state index < -0.39 is 34.7 Å². The van der Waals surface area contributed by atoms with Crippen molar-refractivity contribution in [2.45, 2.75) is 81.2 Å². The summed E-state index contributed by atoms with van der Waals surface area (Å²) in [7, 11) is -4.03. The van der Waals surface area contributed by atoms with Crippen molar-refractivity contribution in [2.24, 2.45) is 29.4 Å². The summed E-state index contributed by atoms with van der Waals surface area (Å²) in [6.45, 7) is -0.0177. The first kappa shape index (κ1) is 32.1. The number of hydrogen-bond acceptors (Lipinski definition) is 6. The van der Waals surface area contributed by atoms with Crippen LogP contribution < -0.4 is 15.8 Å². The molecule has 1 aliphatic heterocycles. The lowest BCUT2D eigenvalue weighted by molar-refractivity contribution is -0.142. The molecule has 3 atom stereocenters. The lowest BCUT2D eigenvalue weighted by Gasteiger charge is -2.36. The lowest BCUT2D eigenvalue weighted by Crippen LogP contribution is -2.50. The zero-order chi connectivity index (χ0) is 31.3. The summed E-state index contributed by atoms with van der Waals surface area (Å²) in [5.41, 5.74) is 6.52. The molecule has 2 saturated carbocycles. The Balaban J connectivity index is 1.27. The van der Waals surface area contributed by atoms with Gasteiger partial charge in [-0.3, -0.25) is 14.4 Å². The molecule has 4 N–H and O–H groups in total. The van der Waals surface area contributed by atoms with Gasteiger partial charge in [0, 0.05) is 29.8 Å². The number of sulfonamides is 1. The van der Waals surface area contributed by atoms with E-state index in [1.54, 1.807) is 35.2 Å². The lowest BCUT2D eigenvalue weighted by atomic mass is 9.76. The smallest absolute Gasteiger partial charge is 0.264 e. The van der Waals surface area contributed by atoms with Gasteiger partial charge in [0.05, 0.1) is 4.90 Å². The number of anilines is 1. The van der Waals surface area contributed by atoms with Crippen LogP contribution in [0.2, 0.25) is 0 Å². The molecule has 2 aromatic carbocycles. The van der Waals surface area contributed by atoms with Crippen LogP contribution in [0.1, 0.15) is 74.6 Å². The second-order valence-electron chi connectivity index (χ2n) is 12.6. The third-order valence-corrected chi connectivity index (χ3v) is 11.2. The van der Waals surface area contributed by atoms with Crippen LogP contribution in [-0.4, -0.2) is 56.3 Å². The molecule has 238 valence electrons. The van der Waals surface area contributed by atoms with Crippen molar-refractivity contribution in [3.05, 3.63) is 60.2 Å². The van der Waals surface area contributed by atoms with Crippen molar-refractivity contribution in [2.75, 3.05) is 18.5 Å². The van der Waals surface area contributed by atoms with Gasteiger partial charge in [0.2, 0.25) is 11.8 Å². The van der Waals surface area contributed by atoms with E-state index in [0.717, 1.165) is 32.1 Å². The van der Waals surface area contributed by atoms with Crippen molar-refractivity contribution in [3.63, 3.8) is 0 Å². The van der Waals surface area contributed by atoms with Gasteiger partial charge >= 0.3 is 0 Å². The van der Waals surface area contributed by atoms with Gasteiger partial charge in [0.25, 0.3) is 15.9 Å². The van der Waals surface area contributed by atoms with E-state index in [4.69, 9.17) is 5.73 Å². The summed E-state index contributed by atoms with van der Waals surface area (Å²) in [6.07, 6.45) is 9.08. The maximum Gasteiger partial charge on any atom is 0.264 e. The van der Waals surface area contributed by atoms with E-state index in [2.05, 4.69) is 10.0 Å². The van der Waals surface area contributed by atoms with Gasteiger partial charge < -0.3 is 16.0 Å². The first-order valence-electron chi connectivity index (χ1n) is 15.8. The van der Waals surface area contributed by atoms with Crippen LogP contribution in [0.3, 0.4) is 0 Å². The molecule has 11 heteroatoms. The molecule has 0 radical (unpaired) electrons. The average molecular weight is 627 g/mol. The molecule has 3 fully saturated rings. The molecule has 1 heterocycles. The first-order chi connectivity index (χ1) is 21.2. The number of carbonyl (C=O) groups is 3. The predicted molar refractivity (Wildman–Crippen MR) is 166 cm³/mol. The molecular weight excluding hydrogens is 583 g/mol. The van der Waals surface area contributed by atoms with E-state index in [0.29, 0.717) is 43.8 Å². The first-order valence-corrected chi connectivity index (χ1v) is 17.3. The number of halogens is 1. The van der Waals surface area contributed by atoms with Gasteiger partial charge in [-0.15, -0.1) is 0 Å². The Bertz CT molecular complexity index is 1410. The molecule has 0 aromatic heterocycles. The van der Waals surface area contributed by atoms with Gasteiger partial charge in [0.1, 0.15) is 12.7 Å². The Hall–Kier alpha value is -3.31. The van der Waals surface area contributed by atoms with Gasteiger partial charge in [-0.1, -0.05) is 50.3 Å². The normalized spacial score (nSPS) is 25.3. The Morgan fingerprint density at radius 3 is 2.18 bits per heavy atom. The molecule has 0 spiro atoms. The third-order valence-electron chi connectivity index (χ3n) is 9.85. The van der Waals surface area contributed by atoms with Gasteiger partial charge in [0.15, 0.2) is 0 Å². The van der Waals surface area contributed by atoms with Crippen LogP contribution in [0.4, 0.5) is 10.1 Å². The van der Waals surface area contributed by atoms with Crippen LogP contribution in [0.25, 0.3) is 0 Å². The molecule has 2 aliphatic carbocycles. The minimum Gasteiger partial charge on any atom is -0.330 e. The van der Waals surface area contributed by atoms with Gasteiger partial charge in [-0.2, -0.15) is 0 Å². The molecule has 0 bridgehead atoms. The van der Waals surface area contributed by atoms with E-state index in [9.17, 15) is 27.2 Å². The Morgan fingerprint density at radius 1 is 0.886 bits per heavy atom. The van der Waals surface area contributed by atoms with Crippen molar-refractivity contribution >= 4 is 33.4 Å². The van der Waals surface area contributed by atoms with E-state index in [-0.39, 0.29) is 40.0 Å². The molecule has 3 amide bonds. The highest BCUT2D eigenvalue weighted by atomic mass is 32.2. The van der Waals surface area contributed by atoms with E-state index in [1.165, 1.54) is 30.7 Å². The number of likely N-dealkylation sites (tertiary alicyclic amines) is 1. The van der Waals surface area contributed by atoms with Crippen LogP contribution >= 0.6 is 0 Å². The Morgan fingerprint density at radius 2 is 1.55 bits per heavy atom. The van der Waals surface area contributed by atoms with Gasteiger partial charge in [-0.05, 0) is 86.3 Å². The molecule has 0 unspecified atom stereocenters. The number of nitrogens with zero attached hydrogens (tertiary/aromatic N) is 1. The number of alkyl halides is 1. The fraction of sp³-hybridized carbons (Fsp3) is 0.545. The molecule has 5 rings (SSSR count). The number of carbonyl (C=O) groups excluding carboxylic acids is 3. The summed E-state index contributed by atoms with van der Waals surface area (Å²) < 4.78 is 40.3. The summed E-state index contributed by atoms with van der Waals surface area (Å²) in [5, 5.41) is 2.97. The van der Waals surface area contributed by atoms with Crippen LogP contribution in [-0.2, 0) is 19.6 Å². The zero-order valence-electron chi connectivity index (χ0n) is 25.0. The zero-order valence-corrected chi connectivity index (χ0v) is 25.8. The molecule has 3 aliphatic rings. The highest BCUT2D eigenvalue weighted by Crippen LogP contribution is 2.41. The highest BCUT2D eigenvalue weighted by molar-refractivity contribution is 7.90. The van der Waals surface area contributed by atoms with Crippen molar-refractivity contribution in [1.82, 2.24) is 9.62 Å². The minimum absolute atomic E-state index is 0.00220. The monoisotopic (exact) mass is 626 g/mol. The molecule has 2 aromatic rings. The molecule has 1 saturated heterocycles. The number of benzene rings is 2. The standard InChI is InChI=1S/C33H43FN4O5S/c34-21-29(35)23-11-13-25(14-12-23)33(41)38-20-19-28(22-7-3-1-4-8-22)30(38)32(40)36-26-17-15-24(16-18-26)31(39)37-44(42,43)27-9-5-2-6-10-27/h2,5-6,9-10,15-18,22-23,25,28-30H,1,3-4,7-8,11-14,19-21,35H2,(H,36,40)(H,37,39)/t23?,25?,28-,29+,30-/m0/s1. The summed E-state index contributed by atoms with van der Waals surface area (Å²) >= 11 is 0. The average Bonchev–Trinajstić information content (AvgIpc) is 3.50. The maximum absolute atomic E-state index is 13.9. The third kappa shape index (κ3) is 7.31. The summed E-state index contributed by atoms with van der Waals surface area (Å²) in [6, 6.07) is 12.6. The highest BCUT2D eigenvalue weighted by Gasteiger charge is 2.47. The van der Waals surface area contributed by atoms with E-state index >= 15 is 0 Å². The topological polar surface area (TPSA) is 139 Å². The predicted octanol–water partition coefficient (Wildman–Crippen LogP) is 4.64. The van der Waals surface area contributed by atoms with Crippen LogP contribution in [0.5, 0.6) is 0 Å². The molecule has 44 heavy (non-hydrogen) atoms. The largest absolute Gasteiger partial charge is 0.330 e.